The maximum Gasteiger partial charge on any atom is 0.274 e. The van der Waals surface area contributed by atoms with E-state index in [1.165, 1.54) is 21.3 Å². The molecule has 140 valence electrons. The van der Waals surface area contributed by atoms with Crippen LogP contribution in [0.3, 0.4) is 0 Å². The SMILES string of the molecule is CCN(CC)c1nccc(C(=O)Nc2cc(OC)c(OC)c(OC)c2)n1. The predicted octanol–water partition coefficient (Wildman–Crippen LogP) is 2.60. The molecule has 8 nitrogen and oxygen atoms in total. The monoisotopic (exact) mass is 360 g/mol. The first-order valence-corrected chi connectivity index (χ1v) is 8.27. The topological polar surface area (TPSA) is 85.8 Å². The Labute approximate surface area is 153 Å². The molecule has 1 N–H and O–H groups in total. The van der Waals surface area contributed by atoms with Gasteiger partial charge >= 0.3 is 0 Å². The van der Waals surface area contributed by atoms with Crippen molar-refractivity contribution in [2.45, 2.75) is 13.8 Å². The van der Waals surface area contributed by atoms with Crippen LogP contribution in [-0.2, 0) is 0 Å². The third kappa shape index (κ3) is 4.14. The van der Waals surface area contributed by atoms with Gasteiger partial charge in [0, 0.05) is 37.1 Å². The van der Waals surface area contributed by atoms with Crippen LogP contribution in [0.2, 0.25) is 0 Å². The summed E-state index contributed by atoms with van der Waals surface area (Å²) in [5.41, 5.74) is 0.781. The van der Waals surface area contributed by atoms with E-state index >= 15 is 0 Å². The Bertz CT molecular complexity index is 738. The van der Waals surface area contributed by atoms with Crippen molar-refractivity contribution in [1.82, 2.24) is 9.97 Å². The second kappa shape index (κ2) is 8.89. The quantitative estimate of drug-likeness (QED) is 0.774. The van der Waals surface area contributed by atoms with Gasteiger partial charge in [0.25, 0.3) is 5.91 Å². The molecule has 8 heteroatoms. The number of carbonyl (C=O) groups excluding carboxylic acids is 1. The Kier molecular flexibility index (Phi) is 6.60. The first-order valence-electron chi connectivity index (χ1n) is 8.27. The Hall–Kier alpha value is -3.03. The smallest absolute Gasteiger partial charge is 0.274 e. The van der Waals surface area contributed by atoms with Crippen LogP contribution >= 0.6 is 0 Å². The van der Waals surface area contributed by atoms with E-state index in [4.69, 9.17) is 14.2 Å². The fraction of sp³-hybridized carbons (Fsp3) is 0.389. The van der Waals surface area contributed by atoms with Crippen LogP contribution in [0.4, 0.5) is 11.6 Å². The average molecular weight is 360 g/mol. The van der Waals surface area contributed by atoms with Crippen LogP contribution in [0.15, 0.2) is 24.4 Å². The van der Waals surface area contributed by atoms with Crippen LogP contribution in [-0.4, -0.2) is 50.3 Å². The van der Waals surface area contributed by atoms with Gasteiger partial charge in [-0.1, -0.05) is 0 Å². The molecule has 1 aromatic heterocycles. The summed E-state index contributed by atoms with van der Waals surface area (Å²) < 4.78 is 15.9. The summed E-state index contributed by atoms with van der Waals surface area (Å²) in [4.78, 5) is 23.1. The van der Waals surface area contributed by atoms with Crippen LogP contribution in [0.5, 0.6) is 17.2 Å². The van der Waals surface area contributed by atoms with Gasteiger partial charge in [-0.3, -0.25) is 4.79 Å². The molecule has 1 heterocycles. The molecule has 2 aromatic rings. The number of benzene rings is 1. The summed E-state index contributed by atoms with van der Waals surface area (Å²) >= 11 is 0. The third-order valence-corrected chi connectivity index (χ3v) is 3.84. The lowest BCUT2D eigenvalue weighted by atomic mass is 10.2. The molecule has 0 bridgehead atoms. The van der Waals surface area contributed by atoms with Crippen molar-refractivity contribution in [3.8, 4) is 17.2 Å². The first kappa shape index (κ1) is 19.3. The highest BCUT2D eigenvalue weighted by molar-refractivity contribution is 6.03. The highest BCUT2D eigenvalue weighted by atomic mass is 16.5. The van der Waals surface area contributed by atoms with Gasteiger partial charge in [0.05, 0.1) is 21.3 Å². The van der Waals surface area contributed by atoms with Gasteiger partial charge < -0.3 is 24.4 Å². The minimum absolute atomic E-state index is 0.274. The number of carbonyl (C=O) groups is 1. The third-order valence-electron chi connectivity index (χ3n) is 3.84. The van der Waals surface area contributed by atoms with Crippen LogP contribution < -0.4 is 24.4 Å². The number of methoxy groups -OCH3 is 3. The predicted molar refractivity (Wildman–Crippen MR) is 99.6 cm³/mol. The van der Waals surface area contributed by atoms with Crippen molar-refractivity contribution in [2.75, 3.05) is 44.6 Å². The highest BCUT2D eigenvalue weighted by Gasteiger charge is 2.16. The van der Waals surface area contributed by atoms with E-state index in [1.54, 1.807) is 24.4 Å². The van der Waals surface area contributed by atoms with Gasteiger partial charge in [0.15, 0.2) is 11.5 Å². The molecule has 0 spiro atoms. The Balaban J connectivity index is 2.29. The molecule has 0 saturated carbocycles. The molecule has 0 saturated heterocycles. The minimum atomic E-state index is -0.352. The number of nitrogens with one attached hydrogen (secondary N) is 1. The molecule has 0 radical (unpaired) electrons. The summed E-state index contributed by atoms with van der Waals surface area (Å²) in [5, 5.41) is 2.80. The lowest BCUT2D eigenvalue weighted by molar-refractivity contribution is 0.102. The molecule has 0 atom stereocenters. The van der Waals surface area contributed by atoms with E-state index in [2.05, 4.69) is 15.3 Å². The number of rotatable bonds is 8. The molecule has 26 heavy (non-hydrogen) atoms. The molecule has 1 aromatic carbocycles. The fourth-order valence-electron chi connectivity index (χ4n) is 2.48. The molecule has 0 fully saturated rings. The van der Waals surface area contributed by atoms with Gasteiger partial charge in [-0.2, -0.15) is 0 Å². The van der Waals surface area contributed by atoms with Gasteiger partial charge in [0.2, 0.25) is 11.7 Å². The van der Waals surface area contributed by atoms with Crippen molar-refractivity contribution in [1.29, 1.82) is 0 Å². The Morgan fingerprint density at radius 1 is 1.08 bits per heavy atom. The van der Waals surface area contributed by atoms with Crippen molar-refractivity contribution in [2.24, 2.45) is 0 Å². The number of hydrogen-bond acceptors (Lipinski definition) is 7. The van der Waals surface area contributed by atoms with E-state index in [1.807, 2.05) is 18.7 Å². The summed E-state index contributed by atoms with van der Waals surface area (Å²) in [6.07, 6.45) is 1.57. The van der Waals surface area contributed by atoms with Crippen molar-refractivity contribution in [3.05, 3.63) is 30.1 Å². The standard InChI is InChI=1S/C18H24N4O4/c1-6-22(7-2)18-19-9-8-13(21-18)17(23)20-12-10-14(24-3)16(26-5)15(11-12)25-4/h8-11H,6-7H2,1-5H3,(H,20,23). The highest BCUT2D eigenvalue weighted by Crippen LogP contribution is 2.39. The normalized spacial score (nSPS) is 10.2. The zero-order chi connectivity index (χ0) is 19.1. The second-order valence-electron chi connectivity index (χ2n) is 5.28. The molecular weight excluding hydrogens is 336 g/mol. The van der Waals surface area contributed by atoms with Gasteiger partial charge in [-0.05, 0) is 19.9 Å². The summed E-state index contributed by atoms with van der Waals surface area (Å²) in [5.74, 6) is 1.53. The zero-order valence-corrected chi connectivity index (χ0v) is 15.7. The van der Waals surface area contributed by atoms with E-state index in [9.17, 15) is 4.79 Å². The largest absolute Gasteiger partial charge is 0.493 e. The number of anilines is 2. The van der Waals surface area contributed by atoms with Gasteiger partial charge in [-0.15, -0.1) is 0 Å². The number of ether oxygens (including phenoxy) is 3. The van der Waals surface area contributed by atoms with Gasteiger partial charge in [-0.25, -0.2) is 9.97 Å². The van der Waals surface area contributed by atoms with Crippen LogP contribution in [0.1, 0.15) is 24.3 Å². The molecule has 0 aliphatic heterocycles. The maximum atomic E-state index is 12.6. The van der Waals surface area contributed by atoms with Crippen LogP contribution in [0, 0.1) is 0 Å². The van der Waals surface area contributed by atoms with Crippen LogP contribution in [0.25, 0.3) is 0 Å². The van der Waals surface area contributed by atoms with E-state index < -0.39 is 0 Å². The summed E-state index contributed by atoms with van der Waals surface area (Å²) in [6, 6.07) is 4.89. The lowest BCUT2D eigenvalue weighted by Crippen LogP contribution is -2.25. The number of amides is 1. The van der Waals surface area contributed by atoms with Crippen molar-refractivity contribution >= 4 is 17.5 Å². The maximum absolute atomic E-state index is 12.6. The summed E-state index contributed by atoms with van der Waals surface area (Å²) in [7, 11) is 4.56. The molecule has 0 unspecified atom stereocenters. The van der Waals surface area contributed by atoms with Crippen molar-refractivity contribution in [3.63, 3.8) is 0 Å². The van der Waals surface area contributed by atoms with Crippen molar-refractivity contribution < 1.29 is 19.0 Å². The summed E-state index contributed by atoms with van der Waals surface area (Å²) in [6.45, 7) is 5.54. The van der Waals surface area contributed by atoms with E-state index in [0.29, 0.717) is 28.9 Å². The Morgan fingerprint density at radius 3 is 2.19 bits per heavy atom. The van der Waals surface area contributed by atoms with Gasteiger partial charge in [0.1, 0.15) is 5.69 Å². The molecular formula is C18H24N4O4. The lowest BCUT2D eigenvalue weighted by Gasteiger charge is -2.18. The number of hydrogen-bond donors (Lipinski definition) is 1. The fourth-order valence-corrected chi connectivity index (χ4v) is 2.48. The number of aromatic nitrogens is 2. The molecule has 0 aliphatic rings. The second-order valence-corrected chi connectivity index (χ2v) is 5.28. The molecule has 1 amide bonds. The molecule has 0 aliphatic carbocycles. The zero-order valence-electron chi connectivity index (χ0n) is 15.7. The molecule has 2 rings (SSSR count). The van der Waals surface area contributed by atoms with E-state index in [0.717, 1.165) is 13.1 Å². The first-order chi connectivity index (χ1) is 12.6. The average Bonchev–Trinajstić information content (AvgIpc) is 2.68. The number of nitrogens with zero attached hydrogens (tertiary/aromatic N) is 3. The minimum Gasteiger partial charge on any atom is -0.493 e. The Morgan fingerprint density at radius 2 is 1.69 bits per heavy atom. The van der Waals surface area contributed by atoms with E-state index in [-0.39, 0.29) is 11.6 Å².